The topological polar surface area (TPSA) is 82.6 Å². The molecule has 2 N–H and O–H groups in total. The lowest BCUT2D eigenvalue weighted by Crippen LogP contribution is -2.21. The van der Waals surface area contributed by atoms with E-state index in [2.05, 4.69) is 23.3 Å². The normalized spacial score (nSPS) is 18.4. The lowest BCUT2D eigenvalue weighted by atomic mass is 10.0. The number of hydrogen-bond acceptors (Lipinski definition) is 5. The predicted molar refractivity (Wildman–Crippen MR) is 123 cm³/mol. The molecule has 0 saturated carbocycles. The number of nitrogens with zero attached hydrogens (tertiary/aromatic N) is 3. The van der Waals surface area contributed by atoms with Crippen molar-refractivity contribution < 1.29 is 0 Å². The number of rotatable bonds is 5. The van der Waals surface area contributed by atoms with E-state index in [4.69, 9.17) is 10.4 Å². The van der Waals surface area contributed by atoms with E-state index in [1.165, 1.54) is 11.6 Å². The fraction of sp³-hybridized carbons (Fsp3) is 0.333. The molecular formula is C24H27N5O. The molecule has 154 valence electrons. The number of allylic oxidation sites excluding steroid dienone is 3. The van der Waals surface area contributed by atoms with Gasteiger partial charge in [-0.3, -0.25) is 14.6 Å². The molecule has 0 amide bonds. The molecule has 2 aliphatic heterocycles. The van der Waals surface area contributed by atoms with E-state index >= 15 is 0 Å². The first-order valence-corrected chi connectivity index (χ1v) is 10.6. The van der Waals surface area contributed by atoms with Gasteiger partial charge in [-0.05, 0) is 67.6 Å². The van der Waals surface area contributed by atoms with Crippen LogP contribution in [0.2, 0.25) is 0 Å². The molecule has 4 rings (SSSR count). The smallest absolute Gasteiger partial charge is 0.258 e. The molecule has 0 aromatic carbocycles. The zero-order valence-corrected chi connectivity index (χ0v) is 17.5. The number of aliphatic imine (C=N–C) groups is 1. The van der Waals surface area contributed by atoms with Crippen molar-refractivity contribution in [1.29, 1.82) is 5.41 Å². The maximum absolute atomic E-state index is 12.9. The monoisotopic (exact) mass is 401 g/mol. The van der Waals surface area contributed by atoms with Crippen LogP contribution in [0.1, 0.15) is 50.8 Å². The largest absolute Gasteiger partial charge is 0.313 e. The molecule has 0 aliphatic carbocycles. The van der Waals surface area contributed by atoms with Gasteiger partial charge in [0, 0.05) is 18.8 Å². The first-order valence-electron chi connectivity index (χ1n) is 10.6. The number of dihydropyridines is 1. The number of nitrogens with one attached hydrogen (secondary N) is 2. The van der Waals surface area contributed by atoms with Gasteiger partial charge < -0.3 is 5.32 Å². The second kappa shape index (κ2) is 8.71. The highest BCUT2D eigenvalue weighted by Gasteiger charge is 2.17. The van der Waals surface area contributed by atoms with Gasteiger partial charge in [0.25, 0.3) is 5.56 Å². The summed E-state index contributed by atoms with van der Waals surface area (Å²) in [5, 5.41) is 11.6. The van der Waals surface area contributed by atoms with Crippen LogP contribution < -0.4 is 10.9 Å². The summed E-state index contributed by atoms with van der Waals surface area (Å²) >= 11 is 0. The third kappa shape index (κ3) is 4.09. The lowest BCUT2D eigenvalue weighted by molar-refractivity contribution is 0.738. The van der Waals surface area contributed by atoms with E-state index in [0.29, 0.717) is 28.5 Å². The van der Waals surface area contributed by atoms with E-state index in [0.717, 1.165) is 49.9 Å². The van der Waals surface area contributed by atoms with E-state index in [1.807, 2.05) is 37.4 Å². The molecule has 0 bridgehead atoms. The van der Waals surface area contributed by atoms with Gasteiger partial charge in [-0.1, -0.05) is 25.5 Å². The summed E-state index contributed by atoms with van der Waals surface area (Å²) in [6.07, 6.45) is 11.9. The minimum absolute atomic E-state index is 0.127. The molecule has 0 atom stereocenters. The Morgan fingerprint density at radius 1 is 1.33 bits per heavy atom. The van der Waals surface area contributed by atoms with Crippen LogP contribution in [0.4, 0.5) is 0 Å². The Bertz CT molecular complexity index is 1180. The van der Waals surface area contributed by atoms with E-state index in [-0.39, 0.29) is 5.56 Å². The molecular weight excluding hydrogens is 374 g/mol. The van der Waals surface area contributed by atoms with Gasteiger partial charge in [-0.25, -0.2) is 9.98 Å². The quantitative estimate of drug-likeness (QED) is 0.745. The molecule has 2 aromatic heterocycles. The van der Waals surface area contributed by atoms with Crippen LogP contribution in [0, 0.1) is 5.41 Å². The maximum Gasteiger partial charge on any atom is 0.258 e. The summed E-state index contributed by atoms with van der Waals surface area (Å²) in [5.74, 6) is 0. The Kier molecular flexibility index (Phi) is 5.86. The summed E-state index contributed by atoms with van der Waals surface area (Å²) in [4.78, 5) is 22.2. The molecule has 0 fully saturated rings. The predicted octanol–water partition coefficient (Wildman–Crippen LogP) is 3.91. The molecule has 2 aromatic rings. The van der Waals surface area contributed by atoms with Gasteiger partial charge in [0.1, 0.15) is 5.65 Å². The first kappa shape index (κ1) is 20.2. The minimum Gasteiger partial charge on any atom is -0.313 e. The average Bonchev–Trinajstić information content (AvgIpc) is 2.77. The zero-order valence-electron chi connectivity index (χ0n) is 17.5. The number of hydrogen-bond donors (Lipinski definition) is 2. The summed E-state index contributed by atoms with van der Waals surface area (Å²) in [6.45, 7) is 5.85. The van der Waals surface area contributed by atoms with Gasteiger partial charge in [-0.15, -0.1) is 0 Å². The standard InChI is InChI=1S/C24H27N5O/c1-3-4-5-6-19-24(25)16(2)13-20(27-19)21-14-23(30)29-15-18(7-8-22(29)28-21)17-9-11-26-12-10-17/h6-9,13-15,25-26H,3-5,10-12H2,1-2H3/b19-6+,25-24?. The average molecular weight is 402 g/mol. The van der Waals surface area contributed by atoms with Crippen molar-refractivity contribution in [1.82, 2.24) is 14.7 Å². The van der Waals surface area contributed by atoms with Crippen molar-refractivity contribution in [3.63, 3.8) is 0 Å². The van der Waals surface area contributed by atoms with E-state index in [9.17, 15) is 4.79 Å². The van der Waals surface area contributed by atoms with Crippen LogP contribution in [-0.4, -0.2) is 33.9 Å². The third-order valence-corrected chi connectivity index (χ3v) is 5.50. The van der Waals surface area contributed by atoms with E-state index < -0.39 is 0 Å². The number of pyridine rings is 1. The second-order valence-corrected chi connectivity index (χ2v) is 7.74. The van der Waals surface area contributed by atoms with Gasteiger partial charge in [0.05, 0.1) is 22.8 Å². The minimum atomic E-state index is -0.127. The van der Waals surface area contributed by atoms with Crippen LogP contribution in [-0.2, 0) is 0 Å². The first-order chi connectivity index (χ1) is 14.6. The van der Waals surface area contributed by atoms with Crippen molar-refractivity contribution in [3.8, 4) is 0 Å². The Morgan fingerprint density at radius 2 is 2.20 bits per heavy atom. The molecule has 0 spiro atoms. The summed E-state index contributed by atoms with van der Waals surface area (Å²) in [6, 6.07) is 5.45. The van der Waals surface area contributed by atoms with Crippen molar-refractivity contribution in [2.45, 2.75) is 39.5 Å². The molecule has 6 nitrogen and oxygen atoms in total. The van der Waals surface area contributed by atoms with Crippen molar-refractivity contribution in [2.75, 3.05) is 13.1 Å². The molecule has 6 heteroatoms. The van der Waals surface area contributed by atoms with Crippen LogP contribution in [0.15, 0.2) is 63.7 Å². The van der Waals surface area contributed by atoms with Crippen LogP contribution >= 0.6 is 0 Å². The number of fused-ring (bicyclic) bond motifs is 1. The van der Waals surface area contributed by atoms with Crippen LogP contribution in [0.25, 0.3) is 11.2 Å². The zero-order chi connectivity index (χ0) is 21.1. The van der Waals surface area contributed by atoms with E-state index in [1.54, 1.807) is 4.40 Å². The van der Waals surface area contributed by atoms with Crippen LogP contribution in [0.3, 0.4) is 0 Å². The van der Waals surface area contributed by atoms with Gasteiger partial charge in [0.15, 0.2) is 0 Å². The molecule has 0 saturated heterocycles. The van der Waals surface area contributed by atoms with Crippen molar-refractivity contribution in [3.05, 3.63) is 75.5 Å². The van der Waals surface area contributed by atoms with Gasteiger partial charge in [-0.2, -0.15) is 0 Å². The van der Waals surface area contributed by atoms with Crippen molar-refractivity contribution >= 4 is 22.6 Å². The summed E-state index contributed by atoms with van der Waals surface area (Å²) < 4.78 is 1.60. The SMILES string of the molecule is CCCC/C=C1/N=C(c2cc(=O)n3cc(C4=CCNCC4)ccc3n2)C=C(C)C1=N. The highest BCUT2D eigenvalue weighted by Crippen LogP contribution is 2.21. The lowest BCUT2D eigenvalue weighted by Gasteiger charge is -2.16. The summed E-state index contributed by atoms with van der Waals surface area (Å²) in [7, 11) is 0. The second-order valence-electron chi connectivity index (χ2n) is 7.74. The third-order valence-electron chi connectivity index (χ3n) is 5.50. The van der Waals surface area contributed by atoms with Crippen molar-refractivity contribution in [2.24, 2.45) is 4.99 Å². The Morgan fingerprint density at radius 3 is 2.97 bits per heavy atom. The number of unbranched alkanes of at least 4 members (excludes halogenated alkanes) is 2. The number of aromatic nitrogens is 2. The molecule has 30 heavy (non-hydrogen) atoms. The molecule has 4 heterocycles. The van der Waals surface area contributed by atoms with Gasteiger partial charge in [0.2, 0.25) is 0 Å². The Hall–Kier alpha value is -3.12. The Balaban J connectivity index is 1.73. The van der Waals surface area contributed by atoms with Gasteiger partial charge >= 0.3 is 0 Å². The van der Waals surface area contributed by atoms with Crippen LogP contribution in [0.5, 0.6) is 0 Å². The Labute approximate surface area is 176 Å². The molecule has 0 radical (unpaired) electrons. The highest BCUT2D eigenvalue weighted by molar-refractivity contribution is 6.22. The highest BCUT2D eigenvalue weighted by atomic mass is 16.1. The molecule has 2 aliphatic rings. The fourth-order valence-corrected chi connectivity index (χ4v) is 3.73. The maximum atomic E-state index is 12.9. The fourth-order valence-electron chi connectivity index (χ4n) is 3.73. The molecule has 0 unspecified atom stereocenters. The summed E-state index contributed by atoms with van der Waals surface area (Å²) in [5.41, 5.74) is 5.89.